The fourth-order valence-electron chi connectivity index (χ4n) is 2.78. The Balaban J connectivity index is 1.82. The largest absolute Gasteiger partial charge is 0.325 e. The summed E-state index contributed by atoms with van der Waals surface area (Å²) in [5.41, 5.74) is -0.905. The summed E-state index contributed by atoms with van der Waals surface area (Å²) in [5.74, 6) is -2.05. The van der Waals surface area contributed by atoms with Crippen molar-refractivity contribution < 1.29 is 18.4 Å². The van der Waals surface area contributed by atoms with Crippen molar-refractivity contribution in [2.75, 3.05) is 6.54 Å². The molecule has 1 atom stereocenters. The van der Waals surface area contributed by atoms with Crippen LogP contribution in [0.15, 0.2) is 54.6 Å². The van der Waals surface area contributed by atoms with E-state index >= 15 is 0 Å². The third-order valence-corrected chi connectivity index (χ3v) is 4.14. The second-order valence-corrected chi connectivity index (χ2v) is 5.91. The van der Waals surface area contributed by atoms with Crippen LogP contribution >= 0.6 is 0 Å². The van der Waals surface area contributed by atoms with E-state index in [4.69, 9.17) is 0 Å². The van der Waals surface area contributed by atoms with Gasteiger partial charge in [-0.2, -0.15) is 0 Å². The van der Waals surface area contributed by atoms with Gasteiger partial charge >= 0.3 is 6.03 Å². The Morgan fingerprint density at radius 1 is 1.12 bits per heavy atom. The van der Waals surface area contributed by atoms with E-state index in [1.165, 1.54) is 6.92 Å². The van der Waals surface area contributed by atoms with Gasteiger partial charge in [0.1, 0.15) is 17.2 Å². The molecule has 3 amide bonds. The number of hydrogen-bond donors (Lipinski definition) is 1. The first-order chi connectivity index (χ1) is 11.9. The van der Waals surface area contributed by atoms with E-state index in [1.807, 2.05) is 30.3 Å². The summed E-state index contributed by atoms with van der Waals surface area (Å²) in [6.45, 7) is 1.40. The van der Waals surface area contributed by atoms with Crippen molar-refractivity contribution in [1.82, 2.24) is 10.2 Å². The van der Waals surface area contributed by atoms with Crippen LogP contribution in [-0.2, 0) is 10.3 Å². The van der Waals surface area contributed by atoms with Crippen LogP contribution < -0.4 is 5.32 Å². The van der Waals surface area contributed by atoms with Crippen LogP contribution in [0.1, 0.15) is 18.1 Å². The number of nitrogens with zero attached hydrogens (tertiary/aromatic N) is 1. The summed E-state index contributed by atoms with van der Waals surface area (Å²) in [7, 11) is 0. The standard InChI is InChI=1S/C19H16F2N2O2/c1-19(15-12-14(20)9-10-16(15)21)17(24)23(18(25)22-19)11-5-8-13-6-3-2-4-7-13/h2-10,12H,11H2,1H3,(H,22,25)/b8-5+. The van der Waals surface area contributed by atoms with Gasteiger partial charge in [-0.05, 0) is 30.7 Å². The topological polar surface area (TPSA) is 49.4 Å². The molecule has 2 aromatic rings. The predicted octanol–water partition coefficient (Wildman–Crippen LogP) is 3.45. The van der Waals surface area contributed by atoms with E-state index in [9.17, 15) is 18.4 Å². The van der Waals surface area contributed by atoms with E-state index in [2.05, 4.69) is 5.32 Å². The molecule has 0 aromatic heterocycles. The molecule has 1 unspecified atom stereocenters. The minimum Gasteiger partial charge on any atom is -0.319 e. The number of hydrogen-bond acceptors (Lipinski definition) is 2. The molecule has 1 heterocycles. The second kappa shape index (κ2) is 6.47. The van der Waals surface area contributed by atoms with Crippen molar-refractivity contribution in [1.29, 1.82) is 0 Å². The van der Waals surface area contributed by atoms with Crippen LogP contribution in [0.4, 0.5) is 13.6 Å². The number of amides is 3. The summed E-state index contributed by atoms with van der Waals surface area (Å²) in [4.78, 5) is 25.8. The molecule has 3 rings (SSSR count). The first kappa shape index (κ1) is 16.8. The average molecular weight is 342 g/mol. The van der Waals surface area contributed by atoms with Crippen molar-refractivity contribution >= 4 is 18.0 Å². The smallest absolute Gasteiger partial charge is 0.319 e. The van der Waals surface area contributed by atoms with Gasteiger partial charge < -0.3 is 5.32 Å². The Labute approximate surface area is 143 Å². The lowest BCUT2D eigenvalue weighted by atomic mass is 9.91. The molecule has 1 saturated heterocycles. The van der Waals surface area contributed by atoms with Crippen molar-refractivity contribution in [3.63, 3.8) is 0 Å². The Bertz CT molecular complexity index is 852. The molecule has 0 radical (unpaired) electrons. The monoisotopic (exact) mass is 342 g/mol. The second-order valence-electron chi connectivity index (χ2n) is 5.91. The first-order valence-electron chi connectivity index (χ1n) is 7.73. The molecule has 0 saturated carbocycles. The lowest BCUT2D eigenvalue weighted by Crippen LogP contribution is -2.41. The zero-order valence-electron chi connectivity index (χ0n) is 13.5. The number of carbonyl (C=O) groups is 2. The van der Waals surface area contributed by atoms with E-state index < -0.39 is 29.1 Å². The quantitative estimate of drug-likeness (QED) is 0.865. The van der Waals surface area contributed by atoms with Gasteiger partial charge in [0.25, 0.3) is 5.91 Å². The average Bonchev–Trinajstić information content (AvgIpc) is 2.82. The highest BCUT2D eigenvalue weighted by atomic mass is 19.1. The molecule has 0 aliphatic carbocycles. The fourth-order valence-corrected chi connectivity index (χ4v) is 2.78. The highest BCUT2D eigenvalue weighted by Crippen LogP contribution is 2.31. The fraction of sp³-hybridized carbons (Fsp3) is 0.158. The number of rotatable bonds is 4. The number of halogens is 2. The van der Waals surface area contributed by atoms with Gasteiger partial charge in [-0.3, -0.25) is 9.69 Å². The van der Waals surface area contributed by atoms with Crippen LogP contribution in [0, 0.1) is 11.6 Å². The van der Waals surface area contributed by atoms with Gasteiger partial charge in [-0.1, -0.05) is 42.5 Å². The third-order valence-electron chi connectivity index (χ3n) is 4.14. The summed E-state index contributed by atoms with van der Waals surface area (Å²) in [5, 5.41) is 2.46. The van der Waals surface area contributed by atoms with Gasteiger partial charge in [-0.25, -0.2) is 13.6 Å². The SMILES string of the molecule is CC1(c2cc(F)ccc2F)NC(=O)N(C/C=C/c2ccccc2)C1=O. The van der Waals surface area contributed by atoms with E-state index in [-0.39, 0.29) is 12.1 Å². The molecule has 128 valence electrons. The maximum Gasteiger partial charge on any atom is 0.325 e. The molecule has 1 aliphatic heterocycles. The minimum absolute atomic E-state index is 0.0338. The minimum atomic E-state index is -1.64. The lowest BCUT2D eigenvalue weighted by molar-refractivity contribution is -0.130. The molecule has 0 bridgehead atoms. The van der Waals surface area contributed by atoms with Gasteiger partial charge in [0.15, 0.2) is 0 Å². The number of benzene rings is 2. The van der Waals surface area contributed by atoms with Crippen molar-refractivity contribution in [3.8, 4) is 0 Å². The Hall–Kier alpha value is -3.02. The summed E-state index contributed by atoms with van der Waals surface area (Å²) in [6, 6.07) is 11.6. The molecule has 1 aliphatic rings. The molecular weight excluding hydrogens is 326 g/mol. The van der Waals surface area contributed by atoms with E-state index in [0.717, 1.165) is 28.7 Å². The van der Waals surface area contributed by atoms with E-state index in [0.29, 0.717) is 0 Å². The van der Waals surface area contributed by atoms with Gasteiger partial charge in [-0.15, -0.1) is 0 Å². The Morgan fingerprint density at radius 2 is 1.84 bits per heavy atom. The number of nitrogens with one attached hydrogen (secondary N) is 1. The highest BCUT2D eigenvalue weighted by Gasteiger charge is 2.49. The van der Waals surface area contributed by atoms with Crippen molar-refractivity contribution in [3.05, 3.63) is 77.4 Å². The van der Waals surface area contributed by atoms with Crippen LogP contribution in [0.25, 0.3) is 6.08 Å². The maximum atomic E-state index is 14.1. The summed E-state index contributed by atoms with van der Waals surface area (Å²) >= 11 is 0. The molecule has 6 heteroatoms. The molecular formula is C19H16F2N2O2. The summed E-state index contributed by atoms with van der Waals surface area (Å²) in [6.07, 6.45) is 3.44. The van der Waals surface area contributed by atoms with Crippen LogP contribution in [0.3, 0.4) is 0 Å². The van der Waals surface area contributed by atoms with Crippen LogP contribution in [0.2, 0.25) is 0 Å². The molecule has 0 spiro atoms. The van der Waals surface area contributed by atoms with Gasteiger partial charge in [0.2, 0.25) is 0 Å². The molecule has 1 fully saturated rings. The van der Waals surface area contributed by atoms with Crippen molar-refractivity contribution in [2.45, 2.75) is 12.5 Å². The molecule has 25 heavy (non-hydrogen) atoms. The highest BCUT2D eigenvalue weighted by molar-refractivity contribution is 6.07. The van der Waals surface area contributed by atoms with E-state index in [1.54, 1.807) is 12.2 Å². The van der Waals surface area contributed by atoms with Gasteiger partial charge in [0, 0.05) is 12.1 Å². The normalized spacial score (nSPS) is 20.4. The number of urea groups is 1. The van der Waals surface area contributed by atoms with Crippen LogP contribution in [0.5, 0.6) is 0 Å². The van der Waals surface area contributed by atoms with Crippen LogP contribution in [-0.4, -0.2) is 23.4 Å². The van der Waals surface area contributed by atoms with Crippen molar-refractivity contribution in [2.24, 2.45) is 0 Å². The molecule has 1 N–H and O–H groups in total. The zero-order valence-corrected chi connectivity index (χ0v) is 13.5. The third kappa shape index (κ3) is 3.15. The van der Waals surface area contributed by atoms with Gasteiger partial charge in [0.05, 0.1) is 0 Å². The molecule has 4 nitrogen and oxygen atoms in total. The number of carbonyl (C=O) groups excluding carboxylic acids is 2. The number of imide groups is 1. The Morgan fingerprint density at radius 3 is 2.56 bits per heavy atom. The summed E-state index contributed by atoms with van der Waals surface area (Å²) < 4.78 is 27.5. The lowest BCUT2D eigenvalue weighted by Gasteiger charge is -2.22. The maximum absolute atomic E-state index is 14.1. The predicted molar refractivity (Wildman–Crippen MR) is 89.4 cm³/mol. The molecule has 2 aromatic carbocycles. The zero-order chi connectivity index (χ0) is 18.0. The first-order valence-corrected chi connectivity index (χ1v) is 7.73. The Kier molecular flexibility index (Phi) is 4.35.